The maximum Gasteiger partial charge on any atom is 0.126 e. The molecular formula is C20H27NO3. The van der Waals surface area contributed by atoms with E-state index in [1.165, 1.54) is 5.56 Å². The largest absolute Gasteiger partial charge is 0.497 e. The van der Waals surface area contributed by atoms with Crippen LogP contribution in [0.15, 0.2) is 42.5 Å². The van der Waals surface area contributed by atoms with Gasteiger partial charge in [0.05, 0.1) is 20.3 Å². The first-order chi connectivity index (χ1) is 11.6. The number of benzene rings is 2. The molecule has 0 fully saturated rings. The molecule has 0 saturated heterocycles. The maximum atomic E-state index is 6.05. The zero-order valence-electron chi connectivity index (χ0n) is 14.9. The van der Waals surface area contributed by atoms with Crippen LogP contribution in [0, 0.1) is 0 Å². The summed E-state index contributed by atoms with van der Waals surface area (Å²) < 4.78 is 16.6. The van der Waals surface area contributed by atoms with E-state index in [2.05, 4.69) is 12.1 Å². The quantitative estimate of drug-likeness (QED) is 0.801. The lowest BCUT2D eigenvalue weighted by molar-refractivity contribution is 0.242. The Morgan fingerprint density at radius 2 is 1.75 bits per heavy atom. The summed E-state index contributed by atoms with van der Waals surface area (Å²) in [4.78, 5) is 0. The van der Waals surface area contributed by atoms with Gasteiger partial charge < -0.3 is 19.9 Å². The van der Waals surface area contributed by atoms with Gasteiger partial charge in [-0.05, 0) is 56.1 Å². The molecular weight excluding hydrogens is 302 g/mol. The van der Waals surface area contributed by atoms with Gasteiger partial charge in [-0.15, -0.1) is 0 Å². The summed E-state index contributed by atoms with van der Waals surface area (Å²) in [6.45, 7) is 4.59. The summed E-state index contributed by atoms with van der Waals surface area (Å²) >= 11 is 0. The smallest absolute Gasteiger partial charge is 0.126 e. The number of hydrogen-bond acceptors (Lipinski definition) is 4. The fourth-order valence-electron chi connectivity index (χ4n) is 2.78. The summed E-state index contributed by atoms with van der Waals surface area (Å²) in [5.41, 5.74) is 8.34. The molecule has 130 valence electrons. The second kappa shape index (κ2) is 8.60. The monoisotopic (exact) mass is 329 g/mol. The van der Waals surface area contributed by atoms with Crippen LogP contribution in [-0.4, -0.2) is 26.9 Å². The van der Waals surface area contributed by atoms with Crippen LogP contribution in [0.2, 0.25) is 0 Å². The molecule has 2 aromatic rings. The minimum atomic E-state index is 0.159. The third kappa shape index (κ3) is 4.65. The number of rotatable bonds is 8. The summed E-state index contributed by atoms with van der Waals surface area (Å²) in [6.07, 6.45) is 0.987. The van der Waals surface area contributed by atoms with E-state index in [0.29, 0.717) is 6.54 Å². The Kier molecular flexibility index (Phi) is 6.50. The van der Waals surface area contributed by atoms with Crippen molar-refractivity contribution in [3.63, 3.8) is 0 Å². The lowest BCUT2D eigenvalue weighted by Crippen LogP contribution is -2.16. The molecule has 2 aromatic carbocycles. The highest BCUT2D eigenvalue weighted by Crippen LogP contribution is 2.32. The molecule has 0 aliphatic carbocycles. The average Bonchev–Trinajstić information content (AvgIpc) is 2.59. The van der Waals surface area contributed by atoms with E-state index in [1.54, 1.807) is 14.2 Å². The van der Waals surface area contributed by atoms with Gasteiger partial charge in [-0.25, -0.2) is 0 Å². The van der Waals surface area contributed by atoms with E-state index >= 15 is 0 Å². The van der Waals surface area contributed by atoms with Crippen molar-refractivity contribution in [2.75, 3.05) is 20.8 Å². The highest BCUT2D eigenvalue weighted by Gasteiger charge is 2.17. The molecule has 0 amide bonds. The van der Waals surface area contributed by atoms with Crippen LogP contribution in [-0.2, 0) is 6.42 Å². The molecule has 4 nitrogen and oxygen atoms in total. The van der Waals surface area contributed by atoms with Gasteiger partial charge in [0.25, 0.3) is 0 Å². The standard InChI is InChI=1S/C20H27NO3/c1-14(2)24-18-7-5-6-15(11-18)10-16(13-21)19-9-8-17(22-3)12-20(19)23-4/h5-9,11-12,14,16H,10,13,21H2,1-4H3. The SMILES string of the molecule is COc1ccc(C(CN)Cc2cccc(OC(C)C)c2)c(OC)c1. The van der Waals surface area contributed by atoms with Gasteiger partial charge >= 0.3 is 0 Å². The molecule has 0 spiro atoms. The Hall–Kier alpha value is -2.20. The first kappa shape index (κ1) is 18.1. The molecule has 0 aliphatic heterocycles. The predicted octanol–water partition coefficient (Wildman–Crippen LogP) is 3.78. The zero-order chi connectivity index (χ0) is 17.5. The molecule has 0 radical (unpaired) electrons. The molecule has 0 bridgehead atoms. The third-order valence-corrected chi connectivity index (χ3v) is 3.92. The highest BCUT2D eigenvalue weighted by molar-refractivity contribution is 5.44. The van der Waals surface area contributed by atoms with Gasteiger partial charge in [-0.1, -0.05) is 18.2 Å². The van der Waals surface area contributed by atoms with Crippen molar-refractivity contribution in [3.8, 4) is 17.2 Å². The van der Waals surface area contributed by atoms with E-state index in [1.807, 2.05) is 44.2 Å². The van der Waals surface area contributed by atoms with E-state index in [0.717, 1.165) is 29.2 Å². The second-order valence-electron chi connectivity index (χ2n) is 6.06. The van der Waals surface area contributed by atoms with Gasteiger partial charge in [0.2, 0.25) is 0 Å². The average molecular weight is 329 g/mol. The topological polar surface area (TPSA) is 53.7 Å². The van der Waals surface area contributed by atoms with E-state index in [4.69, 9.17) is 19.9 Å². The lowest BCUT2D eigenvalue weighted by Gasteiger charge is -2.19. The summed E-state index contributed by atoms with van der Waals surface area (Å²) in [5.74, 6) is 2.64. The van der Waals surface area contributed by atoms with Crippen molar-refractivity contribution < 1.29 is 14.2 Å². The number of ether oxygens (including phenoxy) is 3. The van der Waals surface area contributed by atoms with Gasteiger partial charge in [0.1, 0.15) is 17.2 Å². The fourth-order valence-corrected chi connectivity index (χ4v) is 2.78. The van der Waals surface area contributed by atoms with E-state index in [-0.39, 0.29) is 12.0 Å². The molecule has 0 heterocycles. The van der Waals surface area contributed by atoms with Crippen molar-refractivity contribution in [2.24, 2.45) is 5.73 Å². The zero-order valence-corrected chi connectivity index (χ0v) is 14.9. The van der Waals surface area contributed by atoms with E-state index in [9.17, 15) is 0 Å². The predicted molar refractivity (Wildman–Crippen MR) is 97.3 cm³/mol. The van der Waals surface area contributed by atoms with Crippen LogP contribution < -0.4 is 19.9 Å². The second-order valence-corrected chi connectivity index (χ2v) is 6.06. The molecule has 0 saturated carbocycles. The van der Waals surface area contributed by atoms with Crippen molar-refractivity contribution >= 4 is 0 Å². The highest BCUT2D eigenvalue weighted by atomic mass is 16.5. The number of nitrogens with two attached hydrogens (primary N) is 1. The molecule has 24 heavy (non-hydrogen) atoms. The lowest BCUT2D eigenvalue weighted by atomic mass is 9.91. The van der Waals surface area contributed by atoms with Crippen molar-refractivity contribution in [3.05, 3.63) is 53.6 Å². The Morgan fingerprint density at radius 3 is 2.38 bits per heavy atom. The molecule has 2 N–H and O–H groups in total. The van der Waals surface area contributed by atoms with Gasteiger partial charge in [-0.2, -0.15) is 0 Å². The van der Waals surface area contributed by atoms with Crippen LogP contribution in [0.4, 0.5) is 0 Å². The summed E-state index contributed by atoms with van der Waals surface area (Å²) in [7, 11) is 3.32. The van der Waals surface area contributed by atoms with Crippen LogP contribution in [0.3, 0.4) is 0 Å². The van der Waals surface area contributed by atoms with Crippen molar-refractivity contribution in [1.82, 2.24) is 0 Å². The van der Waals surface area contributed by atoms with Crippen molar-refractivity contribution in [1.29, 1.82) is 0 Å². The Morgan fingerprint density at radius 1 is 0.958 bits per heavy atom. The molecule has 1 unspecified atom stereocenters. The Balaban J connectivity index is 2.23. The fraction of sp³-hybridized carbons (Fsp3) is 0.400. The van der Waals surface area contributed by atoms with Gasteiger partial charge in [-0.3, -0.25) is 0 Å². The van der Waals surface area contributed by atoms with Crippen LogP contribution in [0.25, 0.3) is 0 Å². The normalized spacial score (nSPS) is 12.1. The van der Waals surface area contributed by atoms with Crippen LogP contribution in [0.1, 0.15) is 30.9 Å². The maximum absolute atomic E-state index is 6.05. The van der Waals surface area contributed by atoms with Crippen LogP contribution in [0.5, 0.6) is 17.2 Å². The molecule has 1 atom stereocenters. The molecule has 4 heteroatoms. The minimum absolute atomic E-state index is 0.159. The van der Waals surface area contributed by atoms with E-state index < -0.39 is 0 Å². The minimum Gasteiger partial charge on any atom is -0.497 e. The van der Waals surface area contributed by atoms with Crippen LogP contribution >= 0.6 is 0 Å². The van der Waals surface area contributed by atoms with Crippen molar-refractivity contribution in [2.45, 2.75) is 32.3 Å². The molecule has 2 rings (SSSR count). The van der Waals surface area contributed by atoms with Gasteiger partial charge in [0.15, 0.2) is 0 Å². The molecule has 0 aliphatic rings. The Labute approximate surface area is 144 Å². The third-order valence-electron chi connectivity index (χ3n) is 3.92. The first-order valence-corrected chi connectivity index (χ1v) is 8.25. The molecule has 0 aromatic heterocycles. The number of methoxy groups -OCH3 is 2. The summed E-state index contributed by atoms with van der Waals surface area (Å²) in [6, 6.07) is 14.1. The van der Waals surface area contributed by atoms with Gasteiger partial charge in [0, 0.05) is 12.0 Å². The first-order valence-electron chi connectivity index (χ1n) is 8.25. The Bertz CT molecular complexity index is 655. The summed E-state index contributed by atoms with van der Waals surface area (Å²) in [5, 5.41) is 0. The number of hydrogen-bond donors (Lipinski definition) is 1.